The summed E-state index contributed by atoms with van der Waals surface area (Å²) in [5.41, 5.74) is 3.28. The molecule has 1 unspecified atom stereocenters. The van der Waals surface area contributed by atoms with Gasteiger partial charge in [-0.3, -0.25) is 9.78 Å². The molecule has 0 fully saturated rings. The van der Waals surface area contributed by atoms with Gasteiger partial charge in [-0.05, 0) is 42.0 Å². The zero-order valence-electron chi connectivity index (χ0n) is 16.3. The molecule has 5 rings (SSSR count). The van der Waals surface area contributed by atoms with Crippen LogP contribution < -0.4 is 0 Å². The van der Waals surface area contributed by atoms with Gasteiger partial charge in [-0.1, -0.05) is 30.3 Å². The summed E-state index contributed by atoms with van der Waals surface area (Å²) in [6.45, 7) is 0. The minimum Gasteiger partial charge on any atom is -0.508 e. The highest BCUT2D eigenvalue weighted by Gasteiger charge is 2.35. The number of aromatic nitrogens is 2. The lowest BCUT2D eigenvalue weighted by atomic mass is 10.1. The van der Waals surface area contributed by atoms with Crippen molar-refractivity contribution in [2.45, 2.75) is 6.23 Å². The maximum atomic E-state index is 13.1. The number of fused-ring (bicyclic) bond motifs is 1. The van der Waals surface area contributed by atoms with Gasteiger partial charge in [-0.25, -0.2) is 0 Å². The lowest BCUT2D eigenvalue weighted by molar-refractivity contribution is -0.132. The van der Waals surface area contributed by atoms with E-state index in [4.69, 9.17) is 4.74 Å². The molecule has 0 saturated carbocycles. The molecular formula is C24H18N4O3. The van der Waals surface area contributed by atoms with E-state index in [1.54, 1.807) is 54.9 Å². The average molecular weight is 410 g/mol. The minimum absolute atomic E-state index is 0.169. The summed E-state index contributed by atoms with van der Waals surface area (Å²) in [5, 5.41) is 16.2. The molecule has 1 amide bonds. The lowest BCUT2D eigenvalue weighted by Crippen LogP contribution is -2.26. The van der Waals surface area contributed by atoms with Gasteiger partial charge in [-0.15, -0.1) is 5.10 Å². The van der Waals surface area contributed by atoms with Crippen LogP contribution in [0.3, 0.4) is 0 Å². The van der Waals surface area contributed by atoms with Gasteiger partial charge in [-0.2, -0.15) is 5.01 Å². The number of aromatic amines is 1. The predicted octanol–water partition coefficient (Wildman–Crippen LogP) is 4.20. The third kappa shape index (κ3) is 3.64. The van der Waals surface area contributed by atoms with Gasteiger partial charge in [0.15, 0.2) is 0 Å². The highest BCUT2D eigenvalue weighted by Crippen LogP contribution is 2.34. The van der Waals surface area contributed by atoms with Crippen molar-refractivity contribution in [1.82, 2.24) is 15.0 Å². The Morgan fingerprint density at radius 1 is 1.06 bits per heavy atom. The normalized spacial score (nSPS) is 15.9. The number of hydrazone groups is 1. The number of nitrogens with one attached hydrogen (secondary N) is 1. The van der Waals surface area contributed by atoms with Gasteiger partial charge >= 0.3 is 0 Å². The number of rotatable bonds is 4. The van der Waals surface area contributed by atoms with Gasteiger partial charge in [0, 0.05) is 46.7 Å². The first-order valence-electron chi connectivity index (χ1n) is 9.71. The second-order valence-corrected chi connectivity index (χ2v) is 7.01. The Bertz CT molecular complexity index is 1290. The third-order valence-corrected chi connectivity index (χ3v) is 5.00. The topological polar surface area (TPSA) is 90.8 Å². The van der Waals surface area contributed by atoms with E-state index >= 15 is 0 Å². The Labute approximate surface area is 177 Å². The van der Waals surface area contributed by atoms with E-state index in [-0.39, 0.29) is 11.7 Å². The van der Waals surface area contributed by atoms with Gasteiger partial charge < -0.3 is 14.8 Å². The zero-order valence-corrected chi connectivity index (χ0v) is 16.3. The number of aromatic hydroxyl groups is 1. The van der Waals surface area contributed by atoms with Crippen LogP contribution in [-0.4, -0.2) is 31.9 Å². The molecule has 0 bridgehead atoms. The first-order valence-corrected chi connectivity index (χ1v) is 9.71. The van der Waals surface area contributed by atoms with Crippen LogP contribution in [0, 0.1) is 0 Å². The number of ether oxygens (including phenoxy) is 1. The summed E-state index contributed by atoms with van der Waals surface area (Å²) in [7, 11) is 0. The first kappa shape index (κ1) is 18.6. The molecule has 4 aromatic rings. The van der Waals surface area contributed by atoms with Crippen LogP contribution in [0.25, 0.3) is 17.0 Å². The first-order chi connectivity index (χ1) is 15.2. The van der Waals surface area contributed by atoms with Crippen LogP contribution in [0.1, 0.15) is 22.9 Å². The van der Waals surface area contributed by atoms with E-state index in [1.165, 1.54) is 11.1 Å². The number of para-hydroxylation sites is 1. The molecule has 0 saturated heterocycles. The number of hydrogen-bond acceptors (Lipinski definition) is 5. The molecule has 152 valence electrons. The van der Waals surface area contributed by atoms with E-state index in [0.717, 1.165) is 27.6 Å². The average Bonchev–Trinajstić information content (AvgIpc) is 3.43. The predicted molar refractivity (Wildman–Crippen MR) is 117 cm³/mol. The smallest absolute Gasteiger partial charge is 0.270 e. The number of nitrogens with zero attached hydrogens (tertiary/aromatic N) is 3. The number of phenolic OH excluding ortho intramolecular Hbond substituents is 1. The maximum absolute atomic E-state index is 13.1. The van der Waals surface area contributed by atoms with Gasteiger partial charge in [0.1, 0.15) is 5.75 Å². The van der Waals surface area contributed by atoms with Crippen LogP contribution in [0.2, 0.25) is 0 Å². The van der Waals surface area contributed by atoms with Crippen LogP contribution in [0.5, 0.6) is 5.75 Å². The Kier molecular flexibility index (Phi) is 4.68. The Hall–Kier alpha value is -4.39. The Balaban J connectivity index is 1.50. The molecule has 2 N–H and O–H groups in total. The molecule has 1 atom stereocenters. The SMILES string of the molecule is O=C(/C=C\c1ccc(O)cc1)N1N=C(c2ccncc2)OC1c1c[nH]c2ccccc12. The number of H-pyrrole nitrogens is 1. The van der Waals surface area contributed by atoms with E-state index in [1.807, 2.05) is 30.5 Å². The fraction of sp³-hybridized carbons (Fsp3) is 0.0417. The number of carbonyl (C=O) groups is 1. The van der Waals surface area contributed by atoms with Gasteiger partial charge in [0.2, 0.25) is 12.1 Å². The van der Waals surface area contributed by atoms with Crippen molar-refractivity contribution < 1.29 is 14.6 Å². The van der Waals surface area contributed by atoms with Crippen LogP contribution in [0.15, 0.2) is 90.4 Å². The molecular weight excluding hydrogens is 392 g/mol. The molecule has 3 heterocycles. The molecule has 7 nitrogen and oxygen atoms in total. The van der Waals surface area contributed by atoms with Crippen LogP contribution >= 0.6 is 0 Å². The molecule has 1 aliphatic heterocycles. The van der Waals surface area contributed by atoms with Crippen molar-refractivity contribution in [3.05, 3.63) is 102 Å². The quantitative estimate of drug-likeness (QED) is 0.493. The van der Waals surface area contributed by atoms with E-state index in [9.17, 15) is 9.90 Å². The monoisotopic (exact) mass is 410 g/mol. The number of hydrogen-bond donors (Lipinski definition) is 2. The number of carbonyl (C=O) groups excluding carboxylic acids is 1. The zero-order chi connectivity index (χ0) is 21.2. The summed E-state index contributed by atoms with van der Waals surface area (Å²) >= 11 is 0. The summed E-state index contributed by atoms with van der Waals surface area (Å²) in [6.07, 6.45) is 7.54. The lowest BCUT2D eigenvalue weighted by Gasteiger charge is -2.18. The number of amides is 1. The van der Waals surface area contributed by atoms with Crippen molar-refractivity contribution in [2.75, 3.05) is 0 Å². The molecule has 31 heavy (non-hydrogen) atoms. The van der Waals surface area contributed by atoms with Crippen molar-refractivity contribution in [3.8, 4) is 5.75 Å². The van der Waals surface area contributed by atoms with Crippen molar-refractivity contribution >= 4 is 28.8 Å². The Morgan fingerprint density at radius 3 is 2.65 bits per heavy atom. The molecule has 2 aromatic carbocycles. The van der Waals surface area contributed by atoms with Gasteiger partial charge in [0.25, 0.3) is 5.91 Å². The van der Waals surface area contributed by atoms with E-state index in [2.05, 4.69) is 15.1 Å². The fourth-order valence-electron chi connectivity index (χ4n) is 3.44. The van der Waals surface area contributed by atoms with E-state index < -0.39 is 6.23 Å². The molecule has 7 heteroatoms. The highest BCUT2D eigenvalue weighted by molar-refractivity contribution is 5.99. The highest BCUT2D eigenvalue weighted by atomic mass is 16.5. The fourth-order valence-corrected chi connectivity index (χ4v) is 3.44. The molecule has 1 aliphatic rings. The maximum Gasteiger partial charge on any atom is 0.270 e. The number of phenols is 1. The third-order valence-electron chi connectivity index (χ3n) is 5.00. The minimum atomic E-state index is -0.712. The van der Waals surface area contributed by atoms with Crippen LogP contribution in [0.4, 0.5) is 0 Å². The molecule has 0 aliphatic carbocycles. The largest absolute Gasteiger partial charge is 0.508 e. The molecule has 2 aromatic heterocycles. The molecule has 0 spiro atoms. The summed E-state index contributed by atoms with van der Waals surface area (Å²) < 4.78 is 6.14. The van der Waals surface area contributed by atoms with Crippen LogP contribution in [-0.2, 0) is 9.53 Å². The van der Waals surface area contributed by atoms with Crippen molar-refractivity contribution in [1.29, 1.82) is 0 Å². The van der Waals surface area contributed by atoms with E-state index in [0.29, 0.717) is 5.90 Å². The van der Waals surface area contributed by atoms with Gasteiger partial charge in [0.05, 0.1) is 0 Å². The Morgan fingerprint density at radius 2 is 1.84 bits per heavy atom. The summed E-state index contributed by atoms with van der Waals surface area (Å²) in [4.78, 5) is 20.3. The van der Waals surface area contributed by atoms with Crippen molar-refractivity contribution in [3.63, 3.8) is 0 Å². The number of pyridine rings is 1. The standard InChI is InChI=1S/C24H18N4O3/c29-18-8-5-16(6-9-18)7-10-22(30)28-24(20-15-26-21-4-2-1-3-19(20)21)31-23(27-28)17-11-13-25-14-12-17/h1-15,24,26,29H/b10-7-. The number of benzene rings is 2. The summed E-state index contributed by atoms with van der Waals surface area (Å²) in [5.74, 6) is 0.193. The second kappa shape index (κ2) is 7.79. The van der Waals surface area contributed by atoms with Crippen molar-refractivity contribution in [2.24, 2.45) is 5.10 Å². The second-order valence-electron chi connectivity index (χ2n) is 7.01. The summed E-state index contributed by atoms with van der Waals surface area (Å²) in [6, 6.07) is 18.0. The molecule has 0 radical (unpaired) electrons.